The predicted molar refractivity (Wildman–Crippen MR) is 69.4 cm³/mol. The minimum atomic E-state index is -0.884. The van der Waals surface area contributed by atoms with E-state index in [0.29, 0.717) is 13.0 Å². The van der Waals surface area contributed by atoms with Gasteiger partial charge in [0.05, 0.1) is 5.41 Å². The van der Waals surface area contributed by atoms with Crippen LogP contribution < -0.4 is 10.6 Å². The molecule has 0 aromatic rings. The van der Waals surface area contributed by atoms with Crippen LogP contribution in [-0.2, 0) is 4.79 Å². The summed E-state index contributed by atoms with van der Waals surface area (Å²) < 4.78 is 0. The molecule has 0 bridgehead atoms. The van der Waals surface area contributed by atoms with Crippen molar-refractivity contribution >= 4 is 12.0 Å². The molecule has 0 aromatic heterocycles. The molecule has 1 aliphatic carbocycles. The smallest absolute Gasteiger partial charge is 0.314 e. The Morgan fingerprint density at radius 2 is 2.00 bits per heavy atom. The van der Waals surface area contributed by atoms with E-state index in [9.17, 15) is 9.59 Å². The lowest BCUT2D eigenvalue weighted by Crippen LogP contribution is -2.44. The summed E-state index contributed by atoms with van der Waals surface area (Å²) in [6.07, 6.45) is 5.34. The van der Waals surface area contributed by atoms with Gasteiger partial charge in [-0.2, -0.15) is 0 Å². The summed E-state index contributed by atoms with van der Waals surface area (Å²) in [6, 6.07) is -0.272. The molecule has 1 unspecified atom stereocenters. The zero-order chi connectivity index (χ0) is 13.6. The molecule has 5 nitrogen and oxygen atoms in total. The minimum absolute atomic E-state index is 0.160. The van der Waals surface area contributed by atoms with Crippen LogP contribution in [-0.4, -0.2) is 30.2 Å². The molecule has 3 N–H and O–H groups in total. The molecule has 1 atom stereocenters. The highest BCUT2D eigenvalue weighted by molar-refractivity contribution is 5.77. The molecule has 0 heterocycles. The van der Waals surface area contributed by atoms with Gasteiger partial charge in [0, 0.05) is 13.1 Å². The number of carbonyl (C=O) groups is 2. The molecule has 104 valence electrons. The van der Waals surface area contributed by atoms with E-state index in [1.807, 2.05) is 6.92 Å². The standard InChI is InChI=1S/C13H24N2O3/c1-3-13(2,11(16)17)9-15-12(18)14-8-4-5-10-6-7-10/h10H,3-9H2,1-2H3,(H,16,17)(H2,14,15,18). The average molecular weight is 256 g/mol. The maximum atomic E-state index is 11.5. The Morgan fingerprint density at radius 1 is 1.33 bits per heavy atom. The molecule has 0 spiro atoms. The van der Waals surface area contributed by atoms with E-state index in [-0.39, 0.29) is 12.6 Å². The molecule has 2 amide bonds. The highest BCUT2D eigenvalue weighted by atomic mass is 16.4. The van der Waals surface area contributed by atoms with Gasteiger partial charge >= 0.3 is 12.0 Å². The van der Waals surface area contributed by atoms with Crippen LogP contribution in [0.15, 0.2) is 0 Å². The van der Waals surface area contributed by atoms with Crippen LogP contribution in [0.5, 0.6) is 0 Å². The number of urea groups is 1. The van der Waals surface area contributed by atoms with Crippen molar-refractivity contribution in [2.45, 2.75) is 46.0 Å². The van der Waals surface area contributed by atoms with E-state index < -0.39 is 11.4 Å². The first-order chi connectivity index (χ1) is 8.48. The molecule has 18 heavy (non-hydrogen) atoms. The number of aliphatic carboxylic acids is 1. The van der Waals surface area contributed by atoms with Crippen LogP contribution in [0.2, 0.25) is 0 Å². The van der Waals surface area contributed by atoms with Crippen molar-refractivity contribution in [3.63, 3.8) is 0 Å². The Labute approximate surface area is 108 Å². The van der Waals surface area contributed by atoms with Crippen molar-refractivity contribution in [3.05, 3.63) is 0 Å². The van der Waals surface area contributed by atoms with Crippen LogP contribution in [0, 0.1) is 11.3 Å². The number of carbonyl (C=O) groups excluding carboxylic acids is 1. The summed E-state index contributed by atoms with van der Waals surface area (Å²) in [5, 5.41) is 14.4. The SMILES string of the molecule is CCC(C)(CNC(=O)NCCCC1CC1)C(=O)O. The summed E-state index contributed by atoms with van der Waals surface area (Å²) in [5.74, 6) is 0.00397. The van der Waals surface area contributed by atoms with Crippen molar-refractivity contribution in [2.24, 2.45) is 11.3 Å². The fourth-order valence-electron chi connectivity index (χ4n) is 1.69. The summed E-state index contributed by atoms with van der Waals surface area (Å²) in [4.78, 5) is 22.5. The second kappa shape index (κ2) is 6.61. The Morgan fingerprint density at radius 3 is 2.50 bits per heavy atom. The van der Waals surface area contributed by atoms with E-state index >= 15 is 0 Å². The number of carboxylic acid groups (broad SMARTS) is 1. The summed E-state index contributed by atoms with van der Waals surface area (Å²) in [7, 11) is 0. The van der Waals surface area contributed by atoms with E-state index in [0.717, 1.165) is 12.3 Å². The lowest BCUT2D eigenvalue weighted by Gasteiger charge is -2.23. The van der Waals surface area contributed by atoms with Crippen LogP contribution in [0.3, 0.4) is 0 Å². The van der Waals surface area contributed by atoms with Crippen LogP contribution in [0.4, 0.5) is 4.79 Å². The largest absolute Gasteiger partial charge is 0.481 e. The molecule has 1 aliphatic rings. The van der Waals surface area contributed by atoms with Gasteiger partial charge in [0.1, 0.15) is 0 Å². The second-order valence-corrected chi connectivity index (χ2v) is 5.41. The Kier molecular flexibility index (Phi) is 5.44. The second-order valence-electron chi connectivity index (χ2n) is 5.41. The van der Waals surface area contributed by atoms with Gasteiger partial charge in [-0.15, -0.1) is 0 Å². The highest BCUT2D eigenvalue weighted by Crippen LogP contribution is 2.33. The Balaban J connectivity index is 2.12. The summed E-state index contributed by atoms with van der Waals surface area (Å²) in [5.41, 5.74) is -0.884. The quantitative estimate of drug-likeness (QED) is 0.581. The number of hydrogen-bond donors (Lipinski definition) is 3. The summed E-state index contributed by atoms with van der Waals surface area (Å²) in [6.45, 7) is 4.28. The normalized spacial score (nSPS) is 17.9. The van der Waals surface area contributed by atoms with Gasteiger partial charge < -0.3 is 15.7 Å². The Bertz CT molecular complexity index is 303. The maximum Gasteiger partial charge on any atom is 0.314 e. The predicted octanol–water partition coefficient (Wildman–Crippen LogP) is 1.98. The van der Waals surface area contributed by atoms with Crippen LogP contribution in [0.1, 0.15) is 46.0 Å². The first-order valence-corrected chi connectivity index (χ1v) is 6.73. The third kappa shape index (κ3) is 4.94. The number of carboxylic acids is 1. The number of nitrogens with one attached hydrogen (secondary N) is 2. The molecular weight excluding hydrogens is 232 g/mol. The first kappa shape index (κ1) is 14.8. The van der Waals surface area contributed by atoms with Gasteiger partial charge in [-0.05, 0) is 32.1 Å². The first-order valence-electron chi connectivity index (χ1n) is 6.73. The fraction of sp³-hybridized carbons (Fsp3) is 0.846. The lowest BCUT2D eigenvalue weighted by molar-refractivity contribution is -0.147. The molecule has 0 saturated heterocycles. The van der Waals surface area contributed by atoms with Gasteiger partial charge in [0.15, 0.2) is 0 Å². The van der Waals surface area contributed by atoms with E-state index in [4.69, 9.17) is 5.11 Å². The molecular formula is C13H24N2O3. The zero-order valence-corrected chi connectivity index (χ0v) is 11.3. The van der Waals surface area contributed by atoms with Gasteiger partial charge in [-0.1, -0.05) is 19.8 Å². The van der Waals surface area contributed by atoms with Crippen molar-refractivity contribution < 1.29 is 14.7 Å². The average Bonchev–Trinajstić information content (AvgIpc) is 3.15. The third-order valence-electron chi connectivity index (χ3n) is 3.71. The van der Waals surface area contributed by atoms with E-state index in [2.05, 4.69) is 10.6 Å². The van der Waals surface area contributed by atoms with Crippen LogP contribution in [0.25, 0.3) is 0 Å². The van der Waals surface area contributed by atoms with Crippen molar-refractivity contribution in [1.82, 2.24) is 10.6 Å². The molecule has 0 aromatic carbocycles. The third-order valence-corrected chi connectivity index (χ3v) is 3.71. The number of rotatable bonds is 8. The monoisotopic (exact) mass is 256 g/mol. The minimum Gasteiger partial charge on any atom is -0.481 e. The zero-order valence-electron chi connectivity index (χ0n) is 11.3. The molecule has 1 fully saturated rings. The van der Waals surface area contributed by atoms with Gasteiger partial charge in [0.2, 0.25) is 0 Å². The van der Waals surface area contributed by atoms with Crippen molar-refractivity contribution in [2.75, 3.05) is 13.1 Å². The van der Waals surface area contributed by atoms with E-state index in [1.54, 1.807) is 6.92 Å². The maximum absolute atomic E-state index is 11.5. The lowest BCUT2D eigenvalue weighted by atomic mass is 9.88. The molecule has 1 saturated carbocycles. The molecule has 0 aliphatic heterocycles. The van der Waals surface area contributed by atoms with Crippen molar-refractivity contribution in [3.8, 4) is 0 Å². The fourth-order valence-corrected chi connectivity index (χ4v) is 1.69. The summed E-state index contributed by atoms with van der Waals surface area (Å²) >= 11 is 0. The highest BCUT2D eigenvalue weighted by Gasteiger charge is 2.31. The van der Waals surface area contributed by atoms with E-state index in [1.165, 1.54) is 19.3 Å². The molecule has 5 heteroatoms. The molecule has 0 radical (unpaired) electrons. The number of hydrogen-bond acceptors (Lipinski definition) is 2. The van der Waals surface area contributed by atoms with Gasteiger partial charge in [0.25, 0.3) is 0 Å². The topological polar surface area (TPSA) is 78.4 Å². The van der Waals surface area contributed by atoms with Crippen molar-refractivity contribution in [1.29, 1.82) is 0 Å². The molecule has 1 rings (SSSR count). The van der Waals surface area contributed by atoms with Crippen LogP contribution >= 0.6 is 0 Å². The number of amides is 2. The van der Waals surface area contributed by atoms with Gasteiger partial charge in [-0.3, -0.25) is 4.79 Å². The van der Waals surface area contributed by atoms with Gasteiger partial charge in [-0.25, -0.2) is 4.79 Å². The Hall–Kier alpha value is -1.26.